The van der Waals surface area contributed by atoms with E-state index in [-0.39, 0.29) is 11.7 Å². The van der Waals surface area contributed by atoms with E-state index in [1.807, 2.05) is 55.1 Å². The van der Waals surface area contributed by atoms with Gasteiger partial charge in [-0.1, -0.05) is 37.3 Å². The molecule has 18 heavy (non-hydrogen) atoms. The smallest absolute Gasteiger partial charge is 0.147 e. The molecule has 0 aliphatic rings. The number of carbonyl (C=O) groups is 1. The van der Waals surface area contributed by atoms with Crippen molar-refractivity contribution in [2.75, 3.05) is 0 Å². The average molecular weight is 242 g/mol. The van der Waals surface area contributed by atoms with E-state index in [1.165, 1.54) is 0 Å². The lowest BCUT2D eigenvalue weighted by atomic mass is 9.90. The molecule has 0 spiro atoms. The maximum absolute atomic E-state index is 12.3. The molecule has 2 rings (SSSR count). The molecule has 1 atom stereocenters. The molecule has 0 N–H and O–H groups in total. The van der Waals surface area contributed by atoms with Crippen LogP contribution in [0, 0.1) is 0 Å². The van der Waals surface area contributed by atoms with Crippen LogP contribution < -0.4 is 0 Å². The summed E-state index contributed by atoms with van der Waals surface area (Å²) in [4.78, 5) is 16.5. The summed E-state index contributed by atoms with van der Waals surface area (Å²) in [6.07, 6.45) is 4.82. The zero-order valence-corrected chi connectivity index (χ0v) is 10.8. The number of nitrogens with zero attached hydrogens (tertiary/aromatic N) is 2. The average Bonchev–Trinajstić information content (AvgIpc) is 2.77. The molecule has 1 heterocycles. The van der Waals surface area contributed by atoms with Crippen molar-refractivity contribution in [2.24, 2.45) is 7.05 Å². The van der Waals surface area contributed by atoms with Crippen LogP contribution in [0.3, 0.4) is 0 Å². The Morgan fingerprint density at radius 2 is 2.06 bits per heavy atom. The number of imidazole rings is 1. The molecule has 1 aromatic carbocycles. The van der Waals surface area contributed by atoms with Crippen LogP contribution in [0.15, 0.2) is 42.7 Å². The minimum atomic E-state index is -0.0251. The molecule has 2 aromatic rings. The molecule has 3 heteroatoms. The lowest BCUT2D eigenvalue weighted by Crippen LogP contribution is -2.16. The predicted octanol–water partition coefficient (Wildman–Crippen LogP) is 2.73. The Hall–Kier alpha value is -1.90. The number of hydrogen-bond donors (Lipinski definition) is 0. The third kappa shape index (κ3) is 2.67. The first-order valence-electron chi connectivity index (χ1n) is 6.26. The Labute approximate surface area is 107 Å². The molecule has 0 fully saturated rings. The Balaban J connectivity index is 2.14. The number of ketones is 1. The molecule has 94 valence electrons. The minimum Gasteiger partial charge on any atom is -0.338 e. The summed E-state index contributed by atoms with van der Waals surface area (Å²) in [5.41, 5.74) is 1.10. The molecular formula is C15H18N2O. The van der Waals surface area contributed by atoms with Crippen molar-refractivity contribution in [2.45, 2.75) is 25.7 Å². The predicted molar refractivity (Wildman–Crippen MR) is 71.4 cm³/mol. The van der Waals surface area contributed by atoms with E-state index < -0.39 is 0 Å². The van der Waals surface area contributed by atoms with Crippen LogP contribution in [-0.2, 0) is 18.3 Å². The highest BCUT2D eigenvalue weighted by atomic mass is 16.1. The van der Waals surface area contributed by atoms with Gasteiger partial charge in [0.25, 0.3) is 0 Å². The molecule has 0 saturated carbocycles. The number of Topliss-reactive ketones (excluding diaryl/α,β-unsaturated/α-hetero) is 1. The molecule has 1 unspecified atom stereocenters. The minimum absolute atomic E-state index is 0.0251. The highest BCUT2D eigenvalue weighted by Gasteiger charge is 2.19. The van der Waals surface area contributed by atoms with Crippen molar-refractivity contribution in [3.05, 3.63) is 54.1 Å². The zero-order chi connectivity index (χ0) is 13.0. The number of hydrogen-bond acceptors (Lipinski definition) is 2. The summed E-state index contributed by atoms with van der Waals surface area (Å²) in [7, 11) is 1.92. The molecule has 0 amide bonds. The van der Waals surface area contributed by atoms with E-state index in [0.29, 0.717) is 6.42 Å². The first-order chi connectivity index (χ1) is 8.72. The molecule has 1 aromatic heterocycles. The Bertz CT molecular complexity index is 516. The van der Waals surface area contributed by atoms with Crippen LogP contribution in [0.25, 0.3) is 0 Å². The Morgan fingerprint density at radius 3 is 2.61 bits per heavy atom. The van der Waals surface area contributed by atoms with Crippen molar-refractivity contribution in [1.29, 1.82) is 0 Å². The van der Waals surface area contributed by atoms with Gasteiger partial charge in [-0.2, -0.15) is 0 Å². The van der Waals surface area contributed by atoms with E-state index in [4.69, 9.17) is 0 Å². The van der Waals surface area contributed by atoms with Crippen LogP contribution in [-0.4, -0.2) is 15.3 Å². The van der Waals surface area contributed by atoms with Gasteiger partial charge in [-0.3, -0.25) is 4.79 Å². The fourth-order valence-electron chi connectivity index (χ4n) is 2.18. The molecule has 0 bridgehead atoms. The van der Waals surface area contributed by atoms with Gasteiger partial charge in [0.05, 0.1) is 6.42 Å². The highest BCUT2D eigenvalue weighted by Crippen LogP contribution is 2.21. The van der Waals surface area contributed by atoms with Gasteiger partial charge in [0.1, 0.15) is 11.6 Å². The fourth-order valence-corrected chi connectivity index (χ4v) is 2.18. The SMILES string of the molecule is CCC(C(=O)Cc1nccn1C)c1ccccc1. The third-order valence-electron chi connectivity index (χ3n) is 3.25. The molecule has 0 saturated heterocycles. The van der Waals surface area contributed by atoms with E-state index >= 15 is 0 Å². The Kier molecular flexibility index (Phi) is 3.92. The second kappa shape index (κ2) is 5.63. The van der Waals surface area contributed by atoms with E-state index in [9.17, 15) is 4.79 Å². The topological polar surface area (TPSA) is 34.9 Å². The number of aryl methyl sites for hydroxylation is 1. The first kappa shape index (κ1) is 12.6. The van der Waals surface area contributed by atoms with Gasteiger partial charge in [-0.15, -0.1) is 0 Å². The van der Waals surface area contributed by atoms with Crippen molar-refractivity contribution >= 4 is 5.78 Å². The van der Waals surface area contributed by atoms with Gasteiger partial charge in [0.2, 0.25) is 0 Å². The van der Waals surface area contributed by atoms with E-state index in [0.717, 1.165) is 17.8 Å². The van der Waals surface area contributed by atoms with Crippen molar-refractivity contribution in [3.8, 4) is 0 Å². The summed E-state index contributed by atoms with van der Waals surface area (Å²) in [5, 5.41) is 0. The van der Waals surface area contributed by atoms with Crippen molar-refractivity contribution in [3.63, 3.8) is 0 Å². The van der Waals surface area contributed by atoms with Gasteiger partial charge in [0.15, 0.2) is 0 Å². The Morgan fingerprint density at radius 1 is 1.33 bits per heavy atom. The number of carbonyl (C=O) groups excluding carboxylic acids is 1. The third-order valence-corrected chi connectivity index (χ3v) is 3.25. The van der Waals surface area contributed by atoms with Gasteiger partial charge < -0.3 is 4.57 Å². The van der Waals surface area contributed by atoms with Crippen LogP contribution in [0.4, 0.5) is 0 Å². The summed E-state index contributed by atoms with van der Waals surface area (Å²) >= 11 is 0. The molecule has 3 nitrogen and oxygen atoms in total. The van der Waals surface area contributed by atoms with Crippen LogP contribution in [0.2, 0.25) is 0 Å². The van der Waals surface area contributed by atoms with Crippen LogP contribution in [0.5, 0.6) is 0 Å². The normalized spacial score (nSPS) is 12.3. The van der Waals surface area contributed by atoms with Crippen LogP contribution >= 0.6 is 0 Å². The zero-order valence-electron chi connectivity index (χ0n) is 10.8. The largest absolute Gasteiger partial charge is 0.338 e. The molecule has 0 aliphatic carbocycles. The van der Waals surface area contributed by atoms with Gasteiger partial charge in [-0.25, -0.2) is 4.98 Å². The second-order valence-corrected chi connectivity index (χ2v) is 4.47. The van der Waals surface area contributed by atoms with Gasteiger partial charge in [-0.05, 0) is 12.0 Å². The van der Waals surface area contributed by atoms with Gasteiger partial charge in [0, 0.05) is 25.4 Å². The number of aromatic nitrogens is 2. The van der Waals surface area contributed by atoms with Gasteiger partial charge >= 0.3 is 0 Å². The highest BCUT2D eigenvalue weighted by molar-refractivity contribution is 5.87. The fraction of sp³-hybridized carbons (Fsp3) is 0.333. The summed E-state index contributed by atoms with van der Waals surface area (Å²) < 4.78 is 1.90. The maximum Gasteiger partial charge on any atom is 0.147 e. The molecule has 0 radical (unpaired) electrons. The number of benzene rings is 1. The lowest BCUT2D eigenvalue weighted by molar-refractivity contribution is -0.120. The first-order valence-corrected chi connectivity index (χ1v) is 6.26. The van der Waals surface area contributed by atoms with Crippen LogP contribution in [0.1, 0.15) is 30.7 Å². The van der Waals surface area contributed by atoms with E-state index in [2.05, 4.69) is 4.98 Å². The summed E-state index contributed by atoms with van der Waals surface area (Å²) in [5.74, 6) is 1.04. The van der Waals surface area contributed by atoms with E-state index in [1.54, 1.807) is 6.20 Å². The summed E-state index contributed by atoms with van der Waals surface area (Å²) in [6, 6.07) is 9.96. The molecule has 0 aliphatic heterocycles. The second-order valence-electron chi connectivity index (χ2n) is 4.47. The quantitative estimate of drug-likeness (QED) is 0.808. The van der Waals surface area contributed by atoms with Crippen molar-refractivity contribution in [1.82, 2.24) is 9.55 Å². The van der Waals surface area contributed by atoms with Crippen molar-refractivity contribution < 1.29 is 4.79 Å². The lowest BCUT2D eigenvalue weighted by Gasteiger charge is -2.13. The summed E-state index contributed by atoms with van der Waals surface area (Å²) in [6.45, 7) is 2.05. The number of rotatable bonds is 5. The standard InChI is InChI=1S/C15H18N2O/c1-3-13(12-7-5-4-6-8-12)14(18)11-15-16-9-10-17(15)2/h4-10,13H,3,11H2,1-2H3. The monoisotopic (exact) mass is 242 g/mol. The molecular weight excluding hydrogens is 224 g/mol. The maximum atomic E-state index is 12.3.